The molecule has 3 aromatic rings. The Morgan fingerprint density at radius 2 is 2.26 bits per heavy atom. The molecule has 0 spiro atoms. The number of β-lactam (4-membered cyclic amide) rings is 1. The Balaban J connectivity index is 1.38. The van der Waals surface area contributed by atoms with E-state index in [4.69, 9.17) is 10.6 Å². The number of carbonyl (C=O) groups excluding carboxylic acids is 3. The first kappa shape index (κ1) is 23.2. The first-order valence-corrected chi connectivity index (χ1v) is 12.8. The zero-order valence-electron chi connectivity index (χ0n) is 18.0. The van der Waals surface area contributed by atoms with E-state index in [1.165, 1.54) is 23.8 Å². The number of carboxylic acid groups (broad SMARTS) is 1. The smallest absolute Gasteiger partial charge is 0.278 e. The Kier molecular flexibility index (Phi) is 6.12. The number of thioether (sulfide) groups is 1. The van der Waals surface area contributed by atoms with Crippen molar-refractivity contribution in [2.75, 3.05) is 18.6 Å². The minimum atomic E-state index is -1.44. The average molecular weight is 532 g/mol. The van der Waals surface area contributed by atoms with Gasteiger partial charge in [-0.15, -0.1) is 11.8 Å². The van der Waals surface area contributed by atoms with E-state index in [1.54, 1.807) is 11.3 Å². The summed E-state index contributed by atoms with van der Waals surface area (Å²) in [5.74, 6) is -2.43. The molecule has 35 heavy (non-hydrogen) atoms. The third kappa shape index (κ3) is 4.11. The maximum Gasteiger partial charge on any atom is 0.278 e. The lowest BCUT2D eigenvalue weighted by Crippen LogP contribution is -2.71. The van der Waals surface area contributed by atoms with Crippen molar-refractivity contribution in [2.24, 2.45) is 5.16 Å². The number of carboxylic acids is 1. The third-order valence-electron chi connectivity index (χ3n) is 5.42. The van der Waals surface area contributed by atoms with Gasteiger partial charge in [0.15, 0.2) is 17.9 Å². The number of aliphatic carboxylic acids is 1. The molecule has 0 aromatic carbocycles. The molecule has 2 aliphatic rings. The van der Waals surface area contributed by atoms with Gasteiger partial charge in [0.25, 0.3) is 16.6 Å². The van der Waals surface area contributed by atoms with Gasteiger partial charge < -0.3 is 25.8 Å². The van der Waals surface area contributed by atoms with Crippen LogP contribution in [0.2, 0.25) is 0 Å². The molecule has 180 valence electrons. The number of pyridine rings is 1. The summed E-state index contributed by atoms with van der Waals surface area (Å²) in [5, 5.41) is 20.9. The van der Waals surface area contributed by atoms with Gasteiger partial charge in [0, 0.05) is 28.9 Å². The standard InChI is InChI=1S/C20H17N7O5S3/c1-32-24-11(14-23-20(21)35-25-14)15(28)22-12-16(29)27-13(19(30)31)10(8-34-18(12)27)7-26-5-2-3-9-4-6-33-17(9)26/h2-6,12,18H,7-8H2,1H3,(H3-,21,22,23,25,28,30,31)/t12?,18-/m1/s1. The number of aromatic nitrogens is 3. The Bertz CT molecular complexity index is 1410. The molecule has 3 N–H and O–H groups in total. The van der Waals surface area contributed by atoms with Crippen molar-refractivity contribution >= 4 is 73.5 Å². The maximum absolute atomic E-state index is 13.0. The van der Waals surface area contributed by atoms with Crippen LogP contribution in [0.3, 0.4) is 0 Å². The van der Waals surface area contributed by atoms with Crippen molar-refractivity contribution in [1.29, 1.82) is 0 Å². The molecule has 1 fully saturated rings. The van der Waals surface area contributed by atoms with Gasteiger partial charge in [-0.3, -0.25) is 14.5 Å². The van der Waals surface area contributed by atoms with E-state index in [0.717, 1.165) is 21.7 Å². The highest BCUT2D eigenvalue weighted by atomic mass is 32.2. The lowest BCUT2D eigenvalue weighted by atomic mass is 10.0. The summed E-state index contributed by atoms with van der Waals surface area (Å²) < 4.78 is 5.90. The van der Waals surface area contributed by atoms with E-state index in [2.05, 4.69) is 19.8 Å². The predicted molar refractivity (Wildman–Crippen MR) is 127 cm³/mol. The van der Waals surface area contributed by atoms with Gasteiger partial charge in [-0.25, -0.2) is 0 Å². The summed E-state index contributed by atoms with van der Waals surface area (Å²) in [7, 11) is 1.25. The number of anilines is 1. The largest absolute Gasteiger partial charge is 0.543 e. The van der Waals surface area contributed by atoms with Gasteiger partial charge >= 0.3 is 0 Å². The second-order valence-electron chi connectivity index (χ2n) is 7.50. The van der Waals surface area contributed by atoms with Crippen LogP contribution in [0.4, 0.5) is 5.13 Å². The van der Waals surface area contributed by atoms with Crippen molar-refractivity contribution < 1.29 is 28.9 Å². The number of nitrogens with zero attached hydrogens (tertiary/aromatic N) is 5. The fraction of sp³-hybridized carbons (Fsp3) is 0.250. The van der Waals surface area contributed by atoms with Crippen LogP contribution in [0.1, 0.15) is 5.82 Å². The van der Waals surface area contributed by atoms with Crippen LogP contribution in [0.5, 0.6) is 0 Å². The van der Waals surface area contributed by atoms with Gasteiger partial charge in [-0.05, 0) is 17.5 Å². The minimum absolute atomic E-state index is 0.0378. The molecule has 2 amide bonds. The van der Waals surface area contributed by atoms with E-state index in [1.807, 2.05) is 34.3 Å². The summed E-state index contributed by atoms with van der Waals surface area (Å²) in [4.78, 5) is 48.7. The van der Waals surface area contributed by atoms with Crippen LogP contribution < -0.4 is 20.7 Å². The van der Waals surface area contributed by atoms with Gasteiger partial charge in [0.2, 0.25) is 11.5 Å². The average Bonchev–Trinajstić information content (AvgIpc) is 3.49. The lowest BCUT2D eigenvalue weighted by molar-refractivity contribution is -0.661. The Labute approximate surface area is 210 Å². The van der Waals surface area contributed by atoms with Crippen LogP contribution in [0.15, 0.2) is 46.2 Å². The molecule has 3 aromatic heterocycles. The number of rotatable bonds is 7. The number of nitrogens with one attached hydrogen (secondary N) is 1. The van der Waals surface area contributed by atoms with Crippen molar-refractivity contribution in [3.63, 3.8) is 0 Å². The van der Waals surface area contributed by atoms with Crippen LogP contribution in [-0.4, -0.2) is 62.0 Å². The van der Waals surface area contributed by atoms with Crippen LogP contribution in [-0.2, 0) is 25.8 Å². The number of fused-ring (bicyclic) bond motifs is 2. The number of nitrogen functional groups attached to an aromatic ring is 1. The quantitative estimate of drug-likeness (QED) is 0.170. The van der Waals surface area contributed by atoms with Crippen molar-refractivity contribution in [2.45, 2.75) is 18.0 Å². The van der Waals surface area contributed by atoms with Crippen LogP contribution >= 0.6 is 34.6 Å². The number of oxime groups is 1. The number of nitrogens with two attached hydrogens (primary N) is 1. The molecule has 5 heterocycles. The SMILES string of the molecule is CON=C(C(=O)NC1C(=O)N2C(C(=O)[O-])=C(C[n+]3cccc4ccsc43)CS[C@H]12)c1nsc(N)n1. The molecule has 0 aliphatic carbocycles. The highest BCUT2D eigenvalue weighted by Crippen LogP contribution is 2.40. The second-order valence-corrected chi connectivity index (χ2v) is 10.3. The first-order chi connectivity index (χ1) is 16.9. The van der Waals surface area contributed by atoms with E-state index in [9.17, 15) is 19.5 Å². The molecule has 2 aliphatic heterocycles. The van der Waals surface area contributed by atoms with Crippen molar-refractivity contribution in [1.82, 2.24) is 19.6 Å². The molecule has 15 heteroatoms. The van der Waals surface area contributed by atoms with Crippen molar-refractivity contribution in [3.8, 4) is 0 Å². The highest BCUT2D eigenvalue weighted by Gasteiger charge is 2.53. The lowest BCUT2D eigenvalue weighted by Gasteiger charge is -2.50. The summed E-state index contributed by atoms with van der Waals surface area (Å²) >= 11 is 3.78. The fourth-order valence-corrected chi connectivity index (χ4v) is 6.58. The van der Waals surface area contributed by atoms with Crippen molar-refractivity contribution in [3.05, 3.63) is 46.9 Å². The summed E-state index contributed by atoms with van der Waals surface area (Å²) in [5.41, 5.74) is 5.73. The minimum Gasteiger partial charge on any atom is -0.543 e. The fourth-order valence-electron chi connectivity index (χ4n) is 3.93. The van der Waals surface area contributed by atoms with E-state index in [-0.39, 0.29) is 22.4 Å². The summed E-state index contributed by atoms with van der Waals surface area (Å²) in [6.07, 6.45) is 1.87. The zero-order valence-corrected chi connectivity index (χ0v) is 20.5. The number of amides is 2. The Morgan fingerprint density at radius 3 is 2.97 bits per heavy atom. The molecule has 0 bridgehead atoms. The number of hydrogen-bond donors (Lipinski definition) is 2. The Morgan fingerprint density at radius 1 is 1.43 bits per heavy atom. The predicted octanol–water partition coefficient (Wildman–Crippen LogP) is -0.923. The van der Waals surface area contributed by atoms with Gasteiger partial charge in [-0.2, -0.15) is 13.9 Å². The second kappa shape index (κ2) is 9.24. The number of thiophene rings is 1. The molecule has 12 nitrogen and oxygen atoms in total. The van der Waals surface area contributed by atoms with Crippen LogP contribution in [0, 0.1) is 0 Å². The van der Waals surface area contributed by atoms with Gasteiger partial charge in [0.1, 0.15) is 18.5 Å². The van der Waals surface area contributed by atoms with E-state index >= 15 is 0 Å². The first-order valence-electron chi connectivity index (χ1n) is 10.1. The molecule has 5 rings (SSSR count). The molecule has 2 atom stereocenters. The monoisotopic (exact) mass is 531 g/mol. The zero-order chi connectivity index (χ0) is 24.7. The molecule has 0 radical (unpaired) electrons. The third-order valence-corrected chi connectivity index (χ3v) is 8.26. The topological polar surface area (TPSA) is 167 Å². The van der Waals surface area contributed by atoms with Gasteiger partial charge in [-0.1, -0.05) is 16.5 Å². The molecular formula is C20H17N7O5S3. The van der Waals surface area contributed by atoms with E-state index < -0.39 is 29.2 Å². The number of hydrogen-bond acceptors (Lipinski definition) is 12. The molecule has 0 saturated carbocycles. The molecule has 1 unspecified atom stereocenters. The molecule has 1 saturated heterocycles. The molecular weight excluding hydrogens is 514 g/mol. The Hall–Kier alpha value is -3.56. The highest BCUT2D eigenvalue weighted by molar-refractivity contribution is 8.00. The summed E-state index contributed by atoms with van der Waals surface area (Å²) in [6.45, 7) is 0.295. The van der Waals surface area contributed by atoms with E-state index in [0.29, 0.717) is 17.9 Å². The maximum atomic E-state index is 13.0. The summed E-state index contributed by atoms with van der Waals surface area (Å²) in [6, 6.07) is 4.89. The van der Waals surface area contributed by atoms with Crippen LogP contribution in [0.25, 0.3) is 10.2 Å². The van der Waals surface area contributed by atoms with Gasteiger partial charge in [0.05, 0.1) is 17.1 Å². The normalized spacial score (nSPS) is 20.0. The number of carbonyl (C=O) groups is 3.